The van der Waals surface area contributed by atoms with Crippen LogP contribution in [0.3, 0.4) is 0 Å². The van der Waals surface area contributed by atoms with E-state index in [-0.39, 0.29) is 0 Å². The van der Waals surface area contributed by atoms with Gasteiger partial charge >= 0.3 is 0 Å². The molecule has 0 saturated heterocycles. The lowest BCUT2D eigenvalue weighted by molar-refractivity contribution is 0.564. The Morgan fingerprint density at radius 2 is 2.06 bits per heavy atom. The molecule has 0 aliphatic carbocycles. The molecule has 0 aliphatic heterocycles. The summed E-state index contributed by atoms with van der Waals surface area (Å²) in [4.78, 5) is 4.21. The van der Waals surface area contributed by atoms with Gasteiger partial charge in [-0.1, -0.05) is 30.3 Å². The van der Waals surface area contributed by atoms with Crippen molar-refractivity contribution in [1.29, 1.82) is 0 Å². The summed E-state index contributed by atoms with van der Waals surface area (Å²) in [6.45, 7) is 1.63. The minimum Gasteiger partial charge on any atom is -0.313 e. The number of nitrogens with zero attached hydrogens (tertiary/aromatic N) is 3. The highest BCUT2D eigenvalue weighted by atomic mass is 15.3. The van der Waals surface area contributed by atoms with Crippen LogP contribution in [0.15, 0.2) is 36.7 Å². The van der Waals surface area contributed by atoms with Crippen molar-refractivity contribution in [2.24, 2.45) is 0 Å². The molecule has 2 aromatic rings. The maximum atomic E-state index is 4.22. The monoisotopic (exact) mass is 216 g/mol. The predicted octanol–water partition coefficient (Wildman–Crippen LogP) is 1.24. The van der Waals surface area contributed by atoms with Crippen molar-refractivity contribution in [2.45, 2.75) is 19.5 Å². The average molecular weight is 216 g/mol. The van der Waals surface area contributed by atoms with E-state index < -0.39 is 0 Å². The third kappa shape index (κ3) is 2.67. The number of hydrogen-bond acceptors (Lipinski definition) is 3. The smallest absolute Gasteiger partial charge is 0.140 e. The molecule has 1 aromatic heterocycles. The number of rotatable bonds is 5. The normalized spacial score (nSPS) is 10.6. The minimum atomic E-state index is 0.759. The zero-order chi connectivity index (χ0) is 11.2. The van der Waals surface area contributed by atoms with Crippen LogP contribution in [0.1, 0.15) is 11.4 Å². The van der Waals surface area contributed by atoms with Crippen molar-refractivity contribution < 1.29 is 0 Å². The van der Waals surface area contributed by atoms with Gasteiger partial charge in [-0.25, -0.2) is 9.67 Å². The molecule has 0 radical (unpaired) electrons. The van der Waals surface area contributed by atoms with Crippen LogP contribution in [-0.2, 0) is 19.5 Å². The molecule has 0 amide bonds. The molecule has 2 rings (SSSR count). The van der Waals surface area contributed by atoms with Crippen LogP contribution >= 0.6 is 0 Å². The summed E-state index contributed by atoms with van der Waals surface area (Å²) in [6.07, 6.45) is 2.60. The van der Waals surface area contributed by atoms with Gasteiger partial charge in [-0.15, -0.1) is 0 Å². The first-order chi connectivity index (χ1) is 7.90. The molecule has 1 heterocycles. The van der Waals surface area contributed by atoms with Gasteiger partial charge in [0.15, 0.2) is 0 Å². The second-order valence-corrected chi connectivity index (χ2v) is 3.67. The number of aromatic nitrogens is 3. The summed E-state index contributed by atoms with van der Waals surface area (Å²) in [6, 6.07) is 10.4. The number of nitrogens with one attached hydrogen (secondary N) is 1. The third-order valence-corrected chi connectivity index (χ3v) is 2.49. The van der Waals surface area contributed by atoms with Crippen LogP contribution < -0.4 is 5.32 Å². The Morgan fingerprint density at radius 1 is 1.25 bits per heavy atom. The topological polar surface area (TPSA) is 42.7 Å². The fraction of sp³-hybridized carbons (Fsp3) is 0.333. The Morgan fingerprint density at radius 3 is 2.81 bits per heavy atom. The standard InChI is InChI=1S/C12H16N4/c1-13-9-12-14-10-15-16(12)8-7-11-5-3-2-4-6-11/h2-6,10,13H,7-9H2,1H3. The van der Waals surface area contributed by atoms with Gasteiger partial charge in [-0.3, -0.25) is 0 Å². The Bertz CT molecular complexity index is 422. The molecule has 0 saturated carbocycles. The van der Waals surface area contributed by atoms with E-state index >= 15 is 0 Å². The van der Waals surface area contributed by atoms with Gasteiger partial charge in [0.1, 0.15) is 12.2 Å². The molecule has 4 heteroatoms. The zero-order valence-electron chi connectivity index (χ0n) is 9.43. The highest BCUT2D eigenvalue weighted by Crippen LogP contribution is 2.02. The second kappa shape index (κ2) is 5.42. The molecule has 0 fully saturated rings. The maximum absolute atomic E-state index is 4.22. The van der Waals surface area contributed by atoms with E-state index in [9.17, 15) is 0 Å². The maximum Gasteiger partial charge on any atom is 0.140 e. The molecule has 1 aromatic carbocycles. The summed E-state index contributed by atoms with van der Waals surface area (Å²) < 4.78 is 1.95. The van der Waals surface area contributed by atoms with Crippen LogP contribution in [0.4, 0.5) is 0 Å². The Kier molecular flexibility index (Phi) is 3.66. The van der Waals surface area contributed by atoms with Gasteiger partial charge in [0.05, 0.1) is 6.54 Å². The van der Waals surface area contributed by atoms with Gasteiger partial charge in [-0.05, 0) is 19.0 Å². The minimum absolute atomic E-state index is 0.759. The summed E-state index contributed by atoms with van der Waals surface area (Å²) in [5, 5.41) is 7.30. The molecule has 0 unspecified atom stereocenters. The van der Waals surface area contributed by atoms with E-state index in [4.69, 9.17) is 0 Å². The lowest BCUT2D eigenvalue weighted by Crippen LogP contribution is -2.14. The average Bonchev–Trinajstić information content (AvgIpc) is 2.76. The van der Waals surface area contributed by atoms with Gasteiger partial charge in [0, 0.05) is 6.54 Å². The summed E-state index contributed by atoms with van der Waals surface area (Å²) >= 11 is 0. The van der Waals surface area contributed by atoms with E-state index in [2.05, 4.69) is 39.7 Å². The van der Waals surface area contributed by atoms with Gasteiger partial charge in [-0.2, -0.15) is 5.10 Å². The summed E-state index contributed by atoms with van der Waals surface area (Å²) in [5.41, 5.74) is 1.33. The van der Waals surface area contributed by atoms with Crippen molar-refractivity contribution in [3.05, 3.63) is 48.0 Å². The summed E-state index contributed by atoms with van der Waals surface area (Å²) in [7, 11) is 1.91. The highest BCUT2D eigenvalue weighted by Gasteiger charge is 2.02. The number of hydrogen-bond donors (Lipinski definition) is 1. The SMILES string of the molecule is CNCc1ncnn1CCc1ccccc1. The molecule has 4 nitrogen and oxygen atoms in total. The first-order valence-electron chi connectivity index (χ1n) is 5.45. The van der Waals surface area contributed by atoms with E-state index in [1.165, 1.54) is 5.56 Å². The van der Waals surface area contributed by atoms with Crippen molar-refractivity contribution >= 4 is 0 Å². The first-order valence-corrected chi connectivity index (χ1v) is 5.45. The zero-order valence-corrected chi connectivity index (χ0v) is 9.43. The largest absolute Gasteiger partial charge is 0.313 e. The van der Waals surface area contributed by atoms with Gasteiger partial charge < -0.3 is 5.32 Å². The molecule has 0 atom stereocenters. The second-order valence-electron chi connectivity index (χ2n) is 3.67. The molecule has 84 valence electrons. The number of aryl methyl sites for hydroxylation is 2. The van der Waals surface area contributed by atoms with Gasteiger partial charge in [0.2, 0.25) is 0 Å². The fourth-order valence-electron chi connectivity index (χ4n) is 1.65. The van der Waals surface area contributed by atoms with Crippen LogP contribution in [0.5, 0.6) is 0 Å². The molecule has 0 bridgehead atoms. The lowest BCUT2D eigenvalue weighted by Gasteiger charge is -2.05. The molecule has 0 spiro atoms. The van der Waals surface area contributed by atoms with Crippen LogP contribution in [0.2, 0.25) is 0 Å². The van der Waals surface area contributed by atoms with Crippen molar-refractivity contribution in [1.82, 2.24) is 20.1 Å². The van der Waals surface area contributed by atoms with Crippen molar-refractivity contribution in [3.63, 3.8) is 0 Å². The van der Waals surface area contributed by atoms with E-state index in [0.717, 1.165) is 25.3 Å². The Balaban J connectivity index is 1.97. The van der Waals surface area contributed by atoms with Gasteiger partial charge in [0.25, 0.3) is 0 Å². The van der Waals surface area contributed by atoms with E-state index in [1.807, 2.05) is 17.8 Å². The number of benzene rings is 1. The molecular formula is C12H16N4. The third-order valence-electron chi connectivity index (χ3n) is 2.49. The lowest BCUT2D eigenvalue weighted by atomic mass is 10.1. The Hall–Kier alpha value is -1.68. The highest BCUT2D eigenvalue weighted by molar-refractivity contribution is 5.14. The first kappa shape index (κ1) is 10.8. The van der Waals surface area contributed by atoms with Crippen LogP contribution in [0, 0.1) is 0 Å². The molecular weight excluding hydrogens is 200 g/mol. The quantitative estimate of drug-likeness (QED) is 0.817. The van der Waals surface area contributed by atoms with Crippen LogP contribution in [0.25, 0.3) is 0 Å². The predicted molar refractivity (Wildman–Crippen MR) is 62.9 cm³/mol. The van der Waals surface area contributed by atoms with E-state index in [1.54, 1.807) is 6.33 Å². The fourth-order valence-corrected chi connectivity index (χ4v) is 1.65. The van der Waals surface area contributed by atoms with Crippen molar-refractivity contribution in [2.75, 3.05) is 7.05 Å². The Labute approximate surface area is 95.3 Å². The summed E-state index contributed by atoms with van der Waals surface area (Å²) in [5.74, 6) is 0.985. The van der Waals surface area contributed by atoms with Crippen LogP contribution in [-0.4, -0.2) is 21.8 Å². The molecule has 1 N–H and O–H groups in total. The molecule has 0 aliphatic rings. The van der Waals surface area contributed by atoms with Crippen molar-refractivity contribution in [3.8, 4) is 0 Å². The van der Waals surface area contributed by atoms with E-state index in [0.29, 0.717) is 0 Å². The molecule has 16 heavy (non-hydrogen) atoms.